The predicted octanol–water partition coefficient (Wildman–Crippen LogP) is 3.14. The van der Waals surface area contributed by atoms with Crippen LogP contribution >= 0.6 is 0 Å². The molecule has 0 N–H and O–H groups in total. The summed E-state index contributed by atoms with van der Waals surface area (Å²) in [6.07, 6.45) is 0. The lowest BCUT2D eigenvalue weighted by molar-refractivity contribution is 0.0471. The van der Waals surface area contributed by atoms with Crippen LogP contribution in [-0.4, -0.2) is 19.0 Å². The molecule has 0 unspecified atom stereocenters. The molecule has 0 saturated carbocycles. The van der Waals surface area contributed by atoms with Crippen LogP contribution in [0.4, 0.5) is 0 Å². The average molecular weight is 284 g/mol. The summed E-state index contributed by atoms with van der Waals surface area (Å²) in [5.41, 5.74) is 2.81. The highest BCUT2D eigenvalue weighted by Gasteiger charge is 2.08. The van der Waals surface area contributed by atoms with Crippen molar-refractivity contribution in [1.82, 2.24) is 0 Å². The van der Waals surface area contributed by atoms with Gasteiger partial charge < -0.3 is 9.47 Å². The molecule has 2 aromatic rings. The van der Waals surface area contributed by atoms with E-state index in [1.165, 1.54) is 7.11 Å². The molecular formula is C17H16O4. The zero-order chi connectivity index (χ0) is 15.2. The maximum atomic E-state index is 11.9. The first kappa shape index (κ1) is 14.8. The van der Waals surface area contributed by atoms with Crippen molar-refractivity contribution >= 4 is 11.9 Å². The van der Waals surface area contributed by atoms with Crippen LogP contribution in [0.2, 0.25) is 0 Å². The molecular weight excluding hydrogens is 268 g/mol. The molecule has 2 aromatic carbocycles. The predicted molar refractivity (Wildman–Crippen MR) is 78.1 cm³/mol. The molecule has 2 rings (SSSR count). The minimum atomic E-state index is -0.390. The highest BCUT2D eigenvalue weighted by atomic mass is 16.5. The van der Waals surface area contributed by atoms with Crippen LogP contribution in [-0.2, 0) is 16.1 Å². The summed E-state index contributed by atoms with van der Waals surface area (Å²) in [5.74, 6) is -0.756. The van der Waals surface area contributed by atoms with Gasteiger partial charge in [0.15, 0.2) is 0 Å². The average Bonchev–Trinajstić information content (AvgIpc) is 2.52. The highest BCUT2D eigenvalue weighted by Crippen LogP contribution is 2.10. The summed E-state index contributed by atoms with van der Waals surface area (Å²) in [6.45, 7) is 2.08. The Kier molecular flexibility index (Phi) is 4.72. The second-order valence-corrected chi connectivity index (χ2v) is 4.63. The minimum Gasteiger partial charge on any atom is -0.465 e. The van der Waals surface area contributed by atoms with E-state index in [2.05, 4.69) is 4.74 Å². The van der Waals surface area contributed by atoms with E-state index >= 15 is 0 Å². The van der Waals surface area contributed by atoms with Gasteiger partial charge in [0, 0.05) is 0 Å². The van der Waals surface area contributed by atoms with Crippen molar-refractivity contribution in [2.45, 2.75) is 13.5 Å². The first-order chi connectivity index (χ1) is 10.1. The van der Waals surface area contributed by atoms with Crippen LogP contribution in [0.5, 0.6) is 0 Å². The SMILES string of the molecule is COC(=O)c1ccc(COC(=O)c2cccc(C)c2)cc1. The van der Waals surface area contributed by atoms with E-state index in [1.807, 2.05) is 19.1 Å². The van der Waals surface area contributed by atoms with Crippen molar-refractivity contribution in [3.05, 3.63) is 70.8 Å². The van der Waals surface area contributed by atoms with Crippen molar-refractivity contribution in [3.63, 3.8) is 0 Å². The number of hydrogen-bond acceptors (Lipinski definition) is 4. The van der Waals surface area contributed by atoms with Gasteiger partial charge in [0.05, 0.1) is 18.2 Å². The number of esters is 2. The van der Waals surface area contributed by atoms with E-state index in [4.69, 9.17) is 4.74 Å². The van der Waals surface area contributed by atoms with Gasteiger partial charge in [0.1, 0.15) is 6.61 Å². The van der Waals surface area contributed by atoms with Crippen LogP contribution in [0, 0.1) is 6.92 Å². The van der Waals surface area contributed by atoms with Crippen LogP contribution in [0.3, 0.4) is 0 Å². The summed E-state index contributed by atoms with van der Waals surface area (Å²) < 4.78 is 9.86. The number of ether oxygens (including phenoxy) is 2. The fraction of sp³-hybridized carbons (Fsp3) is 0.176. The van der Waals surface area contributed by atoms with Gasteiger partial charge in [-0.1, -0.05) is 29.8 Å². The Morgan fingerprint density at radius 1 is 0.952 bits per heavy atom. The van der Waals surface area contributed by atoms with Crippen molar-refractivity contribution in [2.75, 3.05) is 7.11 Å². The maximum absolute atomic E-state index is 11.9. The lowest BCUT2D eigenvalue weighted by Gasteiger charge is -2.06. The Morgan fingerprint density at radius 3 is 2.29 bits per heavy atom. The Balaban J connectivity index is 1.97. The van der Waals surface area contributed by atoms with Gasteiger partial charge in [-0.05, 0) is 36.8 Å². The third kappa shape index (κ3) is 3.92. The van der Waals surface area contributed by atoms with Gasteiger partial charge in [0.2, 0.25) is 0 Å². The van der Waals surface area contributed by atoms with E-state index in [-0.39, 0.29) is 12.6 Å². The molecule has 21 heavy (non-hydrogen) atoms. The number of benzene rings is 2. The van der Waals surface area contributed by atoms with E-state index in [9.17, 15) is 9.59 Å². The third-order valence-electron chi connectivity index (χ3n) is 3.00. The lowest BCUT2D eigenvalue weighted by atomic mass is 10.1. The smallest absolute Gasteiger partial charge is 0.338 e. The summed E-state index contributed by atoms with van der Waals surface area (Å²) in [6, 6.07) is 14.0. The molecule has 0 saturated heterocycles. The van der Waals surface area contributed by atoms with Crippen molar-refractivity contribution in [1.29, 1.82) is 0 Å². The van der Waals surface area contributed by atoms with Crippen molar-refractivity contribution in [3.8, 4) is 0 Å². The topological polar surface area (TPSA) is 52.6 Å². The monoisotopic (exact) mass is 284 g/mol. The first-order valence-corrected chi connectivity index (χ1v) is 6.51. The van der Waals surface area contributed by atoms with Gasteiger partial charge in [-0.25, -0.2) is 9.59 Å². The Bertz CT molecular complexity index is 644. The maximum Gasteiger partial charge on any atom is 0.338 e. The highest BCUT2D eigenvalue weighted by molar-refractivity contribution is 5.90. The standard InChI is InChI=1S/C17H16O4/c1-12-4-3-5-15(10-12)17(19)21-11-13-6-8-14(9-7-13)16(18)20-2/h3-10H,11H2,1-2H3. The lowest BCUT2D eigenvalue weighted by Crippen LogP contribution is -2.06. The number of methoxy groups -OCH3 is 1. The molecule has 0 spiro atoms. The first-order valence-electron chi connectivity index (χ1n) is 6.51. The number of hydrogen-bond donors (Lipinski definition) is 0. The van der Waals surface area contributed by atoms with Crippen molar-refractivity contribution in [2.24, 2.45) is 0 Å². The Hall–Kier alpha value is -2.62. The zero-order valence-electron chi connectivity index (χ0n) is 12.0. The van der Waals surface area contributed by atoms with Gasteiger partial charge in [-0.15, -0.1) is 0 Å². The number of carbonyl (C=O) groups excluding carboxylic acids is 2. The molecule has 0 amide bonds. The molecule has 0 atom stereocenters. The third-order valence-corrected chi connectivity index (χ3v) is 3.00. The number of rotatable bonds is 4. The van der Waals surface area contributed by atoms with Crippen LogP contribution in [0.1, 0.15) is 31.8 Å². The fourth-order valence-electron chi connectivity index (χ4n) is 1.86. The molecule has 0 aliphatic heterocycles. The molecule has 108 valence electrons. The fourth-order valence-corrected chi connectivity index (χ4v) is 1.86. The second-order valence-electron chi connectivity index (χ2n) is 4.63. The van der Waals surface area contributed by atoms with E-state index in [0.717, 1.165) is 11.1 Å². The van der Waals surface area contributed by atoms with Crippen LogP contribution < -0.4 is 0 Å². The number of carbonyl (C=O) groups is 2. The zero-order valence-corrected chi connectivity index (χ0v) is 12.0. The van der Waals surface area contributed by atoms with E-state index in [0.29, 0.717) is 11.1 Å². The quantitative estimate of drug-likeness (QED) is 0.809. The molecule has 4 nitrogen and oxygen atoms in total. The summed E-state index contributed by atoms with van der Waals surface area (Å²) >= 11 is 0. The van der Waals surface area contributed by atoms with Gasteiger partial charge in [-0.3, -0.25) is 0 Å². The van der Waals surface area contributed by atoms with Gasteiger partial charge in [0.25, 0.3) is 0 Å². The summed E-state index contributed by atoms with van der Waals surface area (Å²) in [5, 5.41) is 0. The Morgan fingerprint density at radius 2 is 1.67 bits per heavy atom. The second kappa shape index (κ2) is 6.70. The van der Waals surface area contributed by atoms with E-state index in [1.54, 1.807) is 36.4 Å². The molecule has 0 bridgehead atoms. The van der Waals surface area contributed by atoms with Gasteiger partial charge >= 0.3 is 11.9 Å². The molecule has 0 radical (unpaired) electrons. The molecule has 0 aliphatic carbocycles. The summed E-state index contributed by atoms with van der Waals surface area (Å²) in [7, 11) is 1.33. The van der Waals surface area contributed by atoms with E-state index < -0.39 is 5.97 Å². The Labute approximate surface area is 123 Å². The van der Waals surface area contributed by atoms with Crippen LogP contribution in [0.15, 0.2) is 48.5 Å². The van der Waals surface area contributed by atoms with Crippen molar-refractivity contribution < 1.29 is 19.1 Å². The van der Waals surface area contributed by atoms with Crippen LogP contribution in [0.25, 0.3) is 0 Å². The molecule has 4 heteroatoms. The molecule has 0 aliphatic rings. The minimum absolute atomic E-state index is 0.161. The normalized spacial score (nSPS) is 10.0. The summed E-state index contributed by atoms with van der Waals surface area (Å²) in [4.78, 5) is 23.2. The number of aryl methyl sites for hydroxylation is 1. The largest absolute Gasteiger partial charge is 0.465 e. The molecule has 0 heterocycles. The van der Waals surface area contributed by atoms with Gasteiger partial charge in [-0.2, -0.15) is 0 Å². The molecule has 0 aromatic heterocycles. The molecule has 0 fully saturated rings.